The molecule has 0 spiro atoms. The van der Waals surface area contributed by atoms with Crippen LogP contribution in [0.5, 0.6) is 5.75 Å². The predicted octanol–water partition coefficient (Wildman–Crippen LogP) is 3.02. The van der Waals surface area contributed by atoms with Crippen molar-refractivity contribution in [2.75, 3.05) is 6.61 Å². The van der Waals surface area contributed by atoms with Crippen LogP contribution in [0.25, 0.3) is 0 Å². The normalized spacial score (nSPS) is 12.9. The summed E-state index contributed by atoms with van der Waals surface area (Å²) >= 11 is 0. The van der Waals surface area contributed by atoms with Crippen LogP contribution in [0.3, 0.4) is 0 Å². The Balaban J connectivity index is 2.46. The first-order valence-corrected chi connectivity index (χ1v) is 5.84. The number of hydrogen-bond acceptors (Lipinski definition) is 3. The van der Waals surface area contributed by atoms with Gasteiger partial charge in [0.2, 0.25) is 0 Å². The van der Waals surface area contributed by atoms with E-state index < -0.39 is 0 Å². The first-order chi connectivity index (χ1) is 7.94. The third kappa shape index (κ3) is 4.46. The summed E-state index contributed by atoms with van der Waals surface area (Å²) in [7, 11) is 0. The molecule has 0 aliphatic carbocycles. The maximum absolute atomic E-state index is 8.87. The molecule has 0 heterocycles. The number of hydrogen-bond donors (Lipinski definition) is 1. The molecule has 3 nitrogen and oxygen atoms in total. The minimum absolute atomic E-state index is 0.0431. The second-order valence-electron chi connectivity index (χ2n) is 4.95. The molecule has 92 valence electrons. The van der Waals surface area contributed by atoms with Crippen molar-refractivity contribution in [3.8, 4) is 11.8 Å². The number of nitrogens with zero attached hydrogens (tertiary/aromatic N) is 1. The van der Waals surface area contributed by atoms with E-state index in [1.807, 2.05) is 45.0 Å². The lowest BCUT2D eigenvalue weighted by atomic mass is 9.92. The van der Waals surface area contributed by atoms with Gasteiger partial charge in [-0.2, -0.15) is 5.26 Å². The zero-order valence-corrected chi connectivity index (χ0v) is 10.7. The van der Waals surface area contributed by atoms with Crippen LogP contribution in [0.15, 0.2) is 24.3 Å². The molecule has 0 saturated heterocycles. The average molecular weight is 232 g/mol. The van der Waals surface area contributed by atoms with Crippen molar-refractivity contribution in [3.63, 3.8) is 0 Å². The van der Waals surface area contributed by atoms with Gasteiger partial charge >= 0.3 is 0 Å². The Morgan fingerprint density at radius 1 is 1.35 bits per heavy atom. The monoisotopic (exact) mass is 232 g/mol. The van der Waals surface area contributed by atoms with Crippen molar-refractivity contribution in [3.05, 3.63) is 29.8 Å². The molecule has 2 N–H and O–H groups in total. The van der Waals surface area contributed by atoms with E-state index in [2.05, 4.69) is 6.07 Å². The molecule has 0 saturated carbocycles. The minimum atomic E-state index is -0.328. The summed E-state index contributed by atoms with van der Waals surface area (Å²) in [5, 5.41) is 8.87. The van der Waals surface area contributed by atoms with Gasteiger partial charge in [-0.1, -0.05) is 12.1 Å². The van der Waals surface area contributed by atoms with E-state index in [0.29, 0.717) is 6.61 Å². The molecule has 0 amide bonds. The summed E-state index contributed by atoms with van der Waals surface area (Å²) in [5.74, 6) is 0.822. The second-order valence-corrected chi connectivity index (χ2v) is 4.95. The second kappa shape index (κ2) is 5.70. The van der Waals surface area contributed by atoms with E-state index in [0.717, 1.165) is 17.7 Å². The maximum atomic E-state index is 8.87. The number of ether oxygens (including phenoxy) is 1. The van der Waals surface area contributed by atoms with Crippen molar-refractivity contribution < 1.29 is 4.74 Å². The van der Waals surface area contributed by atoms with Crippen LogP contribution in [-0.2, 0) is 0 Å². The van der Waals surface area contributed by atoms with E-state index in [9.17, 15) is 0 Å². The van der Waals surface area contributed by atoms with Gasteiger partial charge in [-0.05, 0) is 44.9 Å². The van der Waals surface area contributed by atoms with Crippen LogP contribution in [0.4, 0.5) is 0 Å². The number of nitriles is 1. The largest absolute Gasteiger partial charge is 0.494 e. The highest BCUT2D eigenvalue weighted by Crippen LogP contribution is 2.20. The molecule has 17 heavy (non-hydrogen) atoms. The molecule has 3 heteroatoms. The number of nitrogens with two attached hydrogens (primary N) is 1. The Bertz CT molecular complexity index is 388. The summed E-state index contributed by atoms with van der Waals surface area (Å²) in [6.45, 7) is 6.33. The fourth-order valence-corrected chi connectivity index (χ4v) is 1.35. The zero-order valence-electron chi connectivity index (χ0n) is 10.7. The van der Waals surface area contributed by atoms with E-state index in [-0.39, 0.29) is 11.5 Å². The molecule has 0 unspecified atom stereocenters. The van der Waals surface area contributed by atoms with Crippen LogP contribution < -0.4 is 10.5 Å². The lowest BCUT2D eigenvalue weighted by molar-refractivity contribution is 0.264. The van der Waals surface area contributed by atoms with E-state index in [4.69, 9.17) is 15.7 Å². The van der Waals surface area contributed by atoms with Gasteiger partial charge in [-0.15, -0.1) is 0 Å². The summed E-state index contributed by atoms with van der Waals surface area (Å²) in [6.07, 6.45) is 0.721. The Hall–Kier alpha value is -1.53. The topological polar surface area (TPSA) is 59.0 Å². The fraction of sp³-hybridized carbons (Fsp3) is 0.500. The van der Waals surface area contributed by atoms with Crippen LogP contribution >= 0.6 is 0 Å². The van der Waals surface area contributed by atoms with Crippen LogP contribution in [0.2, 0.25) is 0 Å². The van der Waals surface area contributed by atoms with Crippen molar-refractivity contribution >= 4 is 0 Å². The van der Waals surface area contributed by atoms with Gasteiger partial charge in [0.25, 0.3) is 0 Å². The Labute approximate surface area is 103 Å². The lowest BCUT2D eigenvalue weighted by Gasteiger charge is -2.15. The summed E-state index contributed by atoms with van der Waals surface area (Å²) in [5.41, 5.74) is 6.53. The molecule has 0 bridgehead atoms. The van der Waals surface area contributed by atoms with Crippen molar-refractivity contribution in [2.45, 2.75) is 33.2 Å². The van der Waals surface area contributed by atoms with E-state index in [1.165, 1.54) is 0 Å². The van der Waals surface area contributed by atoms with Gasteiger partial charge in [-0.25, -0.2) is 0 Å². The SMILES string of the molecule is C[C@H](N)c1ccc(OCCC(C)(C)C#N)cc1. The minimum Gasteiger partial charge on any atom is -0.494 e. The average Bonchev–Trinajstić information content (AvgIpc) is 2.29. The summed E-state index contributed by atoms with van der Waals surface area (Å²) in [4.78, 5) is 0. The van der Waals surface area contributed by atoms with Crippen LogP contribution in [0, 0.1) is 16.7 Å². The van der Waals surface area contributed by atoms with Gasteiger partial charge in [0.05, 0.1) is 18.1 Å². The quantitative estimate of drug-likeness (QED) is 0.848. The highest BCUT2D eigenvalue weighted by atomic mass is 16.5. The third-order valence-electron chi connectivity index (χ3n) is 2.70. The molecule has 1 atom stereocenters. The predicted molar refractivity (Wildman–Crippen MR) is 68.6 cm³/mol. The smallest absolute Gasteiger partial charge is 0.119 e. The molecule has 0 radical (unpaired) electrons. The Kier molecular flexibility index (Phi) is 4.53. The molecule has 1 aromatic carbocycles. The molecular formula is C14H20N2O. The zero-order chi connectivity index (χ0) is 12.9. The number of benzene rings is 1. The van der Waals surface area contributed by atoms with E-state index >= 15 is 0 Å². The van der Waals surface area contributed by atoms with Gasteiger partial charge < -0.3 is 10.5 Å². The van der Waals surface area contributed by atoms with E-state index in [1.54, 1.807) is 0 Å². The van der Waals surface area contributed by atoms with Crippen molar-refractivity contribution in [2.24, 2.45) is 11.1 Å². The van der Waals surface area contributed by atoms with Gasteiger partial charge in [0.1, 0.15) is 5.75 Å². The lowest BCUT2D eigenvalue weighted by Crippen LogP contribution is -2.13. The van der Waals surface area contributed by atoms with Gasteiger partial charge in [0, 0.05) is 6.04 Å². The highest BCUT2D eigenvalue weighted by Gasteiger charge is 2.16. The van der Waals surface area contributed by atoms with Crippen molar-refractivity contribution in [1.29, 1.82) is 5.26 Å². The molecule has 0 fully saturated rings. The fourth-order valence-electron chi connectivity index (χ4n) is 1.35. The molecule has 0 aliphatic heterocycles. The number of rotatable bonds is 5. The molecule has 0 aliphatic rings. The first-order valence-electron chi connectivity index (χ1n) is 5.84. The molecule has 1 aromatic rings. The summed E-state index contributed by atoms with van der Waals surface area (Å²) in [6, 6.07) is 10.1. The van der Waals surface area contributed by atoms with Gasteiger partial charge in [-0.3, -0.25) is 0 Å². The third-order valence-corrected chi connectivity index (χ3v) is 2.70. The first kappa shape index (κ1) is 13.5. The maximum Gasteiger partial charge on any atom is 0.119 e. The van der Waals surface area contributed by atoms with Crippen molar-refractivity contribution in [1.82, 2.24) is 0 Å². The van der Waals surface area contributed by atoms with Crippen LogP contribution in [-0.4, -0.2) is 6.61 Å². The Morgan fingerprint density at radius 2 is 1.94 bits per heavy atom. The van der Waals surface area contributed by atoms with Gasteiger partial charge in [0.15, 0.2) is 0 Å². The highest BCUT2D eigenvalue weighted by molar-refractivity contribution is 5.28. The molecular weight excluding hydrogens is 212 g/mol. The standard InChI is InChI=1S/C14H20N2O/c1-11(16)12-4-6-13(7-5-12)17-9-8-14(2,3)10-15/h4-7,11H,8-9,16H2,1-3H3/t11-/m0/s1. The Morgan fingerprint density at radius 3 is 2.41 bits per heavy atom. The van der Waals surface area contributed by atoms with Crippen LogP contribution in [0.1, 0.15) is 38.8 Å². The molecule has 0 aromatic heterocycles. The molecule has 1 rings (SSSR count). The summed E-state index contributed by atoms with van der Waals surface area (Å²) < 4.78 is 5.59.